The minimum atomic E-state index is -0.476. The molecule has 1 heterocycles. The Hall–Kier alpha value is -3.68. The molecule has 0 fully saturated rings. The number of benzene rings is 2. The Bertz CT molecular complexity index is 982. The first-order valence-corrected chi connectivity index (χ1v) is 8.35. The quantitative estimate of drug-likeness (QED) is 0.514. The summed E-state index contributed by atoms with van der Waals surface area (Å²) in [7, 11) is 0. The van der Waals surface area contributed by atoms with Gasteiger partial charge in [0.1, 0.15) is 0 Å². The van der Waals surface area contributed by atoms with Crippen molar-refractivity contribution in [2.75, 3.05) is 17.2 Å². The first-order chi connectivity index (χ1) is 13.0. The van der Waals surface area contributed by atoms with Crippen molar-refractivity contribution in [2.45, 2.75) is 13.8 Å². The average Bonchev–Trinajstić information content (AvgIpc) is 2.95. The molecule has 0 spiro atoms. The summed E-state index contributed by atoms with van der Waals surface area (Å²) in [6.07, 6.45) is 0. The number of amides is 1. The molecular formula is C19H19N5O3. The molecule has 0 aliphatic carbocycles. The summed E-state index contributed by atoms with van der Waals surface area (Å²) >= 11 is 0. The number of anilines is 2. The van der Waals surface area contributed by atoms with E-state index in [-0.39, 0.29) is 18.1 Å². The van der Waals surface area contributed by atoms with Gasteiger partial charge in [0.25, 0.3) is 5.69 Å². The molecule has 0 aliphatic heterocycles. The van der Waals surface area contributed by atoms with Gasteiger partial charge in [-0.2, -0.15) is 5.10 Å². The Balaban J connectivity index is 1.69. The average molecular weight is 365 g/mol. The molecule has 1 aromatic heterocycles. The third-order valence-corrected chi connectivity index (χ3v) is 4.07. The van der Waals surface area contributed by atoms with E-state index in [1.807, 2.05) is 44.2 Å². The summed E-state index contributed by atoms with van der Waals surface area (Å²) in [5.74, 6) is -0.264. The number of para-hydroxylation sites is 1. The number of nitro benzene ring substituents is 1. The molecule has 0 aliphatic rings. The van der Waals surface area contributed by atoms with Crippen LogP contribution in [0.25, 0.3) is 5.69 Å². The lowest BCUT2D eigenvalue weighted by molar-refractivity contribution is -0.384. The predicted octanol–water partition coefficient (Wildman–Crippen LogP) is 3.45. The molecule has 138 valence electrons. The number of hydrogen-bond donors (Lipinski definition) is 2. The number of carbonyl (C=O) groups is 1. The van der Waals surface area contributed by atoms with Gasteiger partial charge < -0.3 is 10.6 Å². The van der Waals surface area contributed by atoms with Crippen molar-refractivity contribution < 1.29 is 9.72 Å². The van der Waals surface area contributed by atoms with E-state index in [2.05, 4.69) is 15.7 Å². The Kier molecular flexibility index (Phi) is 5.16. The lowest BCUT2D eigenvalue weighted by atomic mass is 10.2. The van der Waals surface area contributed by atoms with Crippen LogP contribution in [0.15, 0.2) is 54.6 Å². The van der Waals surface area contributed by atoms with E-state index in [0.717, 1.165) is 11.4 Å². The van der Waals surface area contributed by atoms with E-state index in [1.54, 1.807) is 16.8 Å². The van der Waals surface area contributed by atoms with Crippen LogP contribution in [0, 0.1) is 24.0 Å². The summed E-state index contributed by atoms with van der Waals surface area (Å²) in [6.45, 7) is 3.70. The SMILES string of the molecule is Cc1nn(-c2ccccc2)c(C)c1NC(=O)CNc1cccc([N+](=O)[O-])c1. The van der Waals surface area contributed by atoms with Gasteiger partial charge in [-0.05, 0) is 32.0 Å². The van der Waals surface area contributed by atoms with Crippen molar-refractivity contribution in [1.29, 1.82) is 0 Å². The molecule has 0 bridgehead atoms. The van der Waals surface area contributed by atoms with Gasteiger partial charge in [-0.15, -0.1) is 0 Å². The second kappa shape index (κ2) is 7.69. The van der Waals surface area contributed by atoms with Gasteiger partial charge in [0, 0.05) is 17.8 Å². The van der Waals surface area contributed by atoms with Gasteiger partial charge in [-0.1, -0.05) is 24.3 Å². The zero-order valence-electron chi connectivity index (χ0n) is 15.0. The monoisotopic (exact) mass is 365 g/mol. The number of aryl methyl sites for hydroxylation is 1. The number of carbonyl (C=O) groups excluding carboxylic acids is 1. The minimum absolute atomic E-state index is 0.0173. The van der Waals surface area contributed by atoms with Crippen LogP contribution < -0.4 is 10.6 Å². The minimum Gasteiger partial charge on any atom is -0.376 e. The second-order valence-corrected chi connectivity index (χ2v) is 6.00. The summed E-state index contributed by atoms with van der Waals surface area (Å²) in [6, 6.07) is 15.7. The molecule has 2 aromatic carbocycles. The highest BCUT2D eigenvalue weighted by Gasteiger charge is 2.15. The van der Waals surface area contributed by atoms with Gasteiger partial charge in [0.2, 0.25) is 5.91 Å². The molecule has 0 saturated carbocycles. The molecule has 1 amide bonds. The zero-order chi connectivity index (χ0) is 19.4. The topological polar surface area (TPSA) is 102 Å². The predicted molar refractivity (Wildman–Crippen MR) is 103 cm³/mol. The highest BCUT2D eigenvalue weighted by atomic mass is 16.6. The smallest absolute Gasteiger partial charge is 0.271 e. The maximum absolute atomic E-state index is 12.3. The van der Waals surface area contributed by atoms with E-state index < -0.39 is 4.92 Å². The Labute approximate surface area is 156 Å². The van der Waals surface area contributed by atoms with Gasteiger partial charge in [0.15, 0.2) is 0 Å². The fourth-order valence-corrected chi connectivity index (χ4v) is 2.74. The van der Waals surface area contributed by atoms with E-state index in [4.69, 9.17) is 0 Å². The molecule has 3 rings (SSSR count). The van der Waals surface area contributed by atoms with E-state index in [0.29, 0.717) is 17.1 Å². The molecule has 8 heteroatoms. The Morgan fingerprint density at radius 1 is 1.15 bits per heavy atom. The molecule has 8 nitrogen and oxygen atoms in total. The number of non-ortho nitro benzene ring substituents is 1. The van der Waals surface area contributed by atoms with Crippen LogP contribution >= 0.6 is 0 Å². The Morgan fingerprint density at radius 3 is 2.59 bits per heavy atom. The third-order valence-electron chi connectivity index (χ3n) is 4.07. The zero-order valence-corrected chi connectivity index (χ0v) is 15.0. The van der Waals surface area contributed by atoms with Crippen LogP contribution in [-0.4, -0.2) is 27.2 Å². The van der Waals surface area contributed by atoms with Gasteiger partial charge in [-0.25, -0.2) is 4.68 Å². The highest BCUT2D eigenvalue weighted by Crippen LogP contribution is 2.23. The van der Waals surface area contributed by atoms with Crippen LogP contribution in [0.5, 0.6) is 0 Å². The fraction of sp³-hybridized carbons (Fsp3) is 0.158. The summed E-state index contributed by atoms with van der Waals surface area (Å²) in [5, 5.41) is 21.1. The number of rotatable bonds is 6. The number of nitrogens with zero attached hydrogens (tertiary/aromatic N) is 3. The van der Waals surface area contributed by atoms with Crippen LogP contribution in [0.2, 0.25) is 0 Å². The molecule has 0 saturated heterocycles. The molecule has 27 heavy (non-hydrogen) atoms. The lowest BCUT2D eigenvalue weighted by Gasteiger charge is -2.09. The summed E-state index contributed by atoms with van der Waals surface area (Å²) in [4.78, 5) is 22.6. The summed E-state index contributed by atoms with van der Waals surface area (Å²) < 4.78 is 1.78. The molecule has 2 N–H and O–H groups in total. The van der Waals surface area contributed by atoms with Crippen LogP contribution in [-0.2, 0) is 4.79 Å². The first-order valence-electron chi connectivity index (χ1n) is 8.35. The van der Waals surface area contributed by atoms with E-state index in [1.165, 1.54) is 12.1 Å². The van der Waals surface area contributed by atoms with E-state index in [9.17, 15) is 14.9 Å². The molecular weight excluding hydrogens is 346 g/mol. The van der Waals surface area contributed by atoms with Gasteiger partial charge in [0.05, 0.1) is 34.2 Å². The van der Waals surface area contributed by atoms with Crippen molar-refractivity contribution in [3.8, 4) is 5.69 Å². The van der Waals surface area contributed by atoms with Crippen molar-refractivity contribution in [3.05, 3.63) is 76.1 Å². The Morgan fingerprint density at radius 2 is 1.89 bits per heavy atom. The van der Waals surface area contributed by atoms with Crippen molar-refractivity contribution in [1.82, 2.24) is 9.78 Å². The van der Waals surface area contributed by atoms with Crippen LogP contribution in [0.3, 0.4) is 0 Å². The lowest BCUT2D eigenvalue weighted by Crippen LogP contribution is -2.22. The van der Waals surface area contributed by atoms with Crippen molar-refractivity contribution in [3.63, 3.8) is 0 Å². The van der Waals surface area contributed by atoms with Crippen LogP contribution in [0.4, 0.5) is 17.1 Å². The number of aromatic nitrogens is 2. The van der Waals surface area contributed by atoms with Crippen molar-refractivity contribution in [2.24, 2.45) is 0 Å². The second-order valence-electron chi connectivity index (χ2n) is 6.00. The third kappa shape index (κ3) is 4.12. The number of nitrogens with one attached hydrogen (secondary N) is 2. The normalized spacial score (nSPS) is 10.4. The molecule has 3 aromatic rings. The maximum atomic E-state index is 12.3. The molecule has 0 unspecified atom stereocenters. The van der Waals surface area contributed by atoms with E-state index >= 15 is 0 Å². The standard InChI is InChI=1S/C19H19N5O3/c1-13-19(14(2)23(22-13)16-8-4-3-5-9-16)21-18(25)12-20-15-7-6-10-17(11-15)24(26)27/h3-11,20H,12H2,1-2H3,(H,21,25). The highest BCUT2D eigenvalue weighted by molar-refractivity contribution is 5.94. The van der Waals surface area contributed by atoms with Gasteiger partial charge in [-0.3, -0.25) is 14.9 Å². The first kappa shape index (κ1) is 18.1. The van der Waals surface area contributed by atoms with Crippen molar-refractivity contribution >= 4 is 23.0 Å². The molecule has 0 atom stereocenters. The maximum Gasteiger partial charge on any atom is 0.271 e. The summed E-state index contributed by atoms with van der Waals surface area (Å²) in [5.41, 5.74) is 3.57. The molecule has 0 radical (unpaired) electrons. The number of nitro groups is 1. The largest absolute Gasteiger partial charge is 0.376 e. The van der Waals surface area contributed by atoms with Crippen LogP contribution in [0.1, 0.15) is 11.4 Å². The number of hydrogen-bond acceptors (Lipinski definition) is 5. The fourth-order valence-electron chi connectivity index (χ4n) is 2.74. The van der Waals surface area contributed by atoms with Gasteiger partial charge >= 0.3 is 0 Å².